The third-order valence-corrected chi connectivity index (χ3v) is 3.77. The minimum absolute atomic E-state index is 0.212. The number of anilines is 1. The molecule has 2 aromatic carbocycles. The average Bonchev–Trinajstić information content (AvgIpc) is 2.47. The summed E-state index contributed by atoms with van der Waals surface area (Å²) in [7, 11) is 0. The topological polar surface area (TPSA) is 38.3 Å². The van der Waals surface area contributed by atoms with Crippen molar-refractivity contribution in [3.05, 3.63) is 54.1 Å². The second kappa shape index (κ2) is 7.41. The highest BCUT2D eigenvalue weighted by molar-refractivity contribution is 8.00. The van der Waals surface area contributed by atoms with Gasteiger partial charge in [0.05, 0.1) is 5.75 Å². The number of amides is 1. The molecule has 1 amide bonds. The zero-order valence-corrected chi connectivity index (χ0v) is 13.0. The average molecular weight is 341 g/mol. The smallest absolute Gasteiger partial charge is 0.406 e. The van der Waals surface area contributed by atoms with Gasteiger partial charge in [0.2, 0.25) is 5.91 Å². The first-order valence-corrected chi connectivity index (χ1v) is 7.65. The fourth-order valence-corrected chi connectivity index (χ4v) is 2.42. The number of hydrogen-bond acceptors (Lipinski definition) is 3. The number of ether oxygens (including phenoxy) is 1. The molecule has 122 valence electrons. The van der Waals surface area contributed by atoms with Crippen LogP contribution < -0.4 is 10.1 Å². The summed E-state index contributed by atoms with van der Waals surface area (Å²) in [5.74, 6) is -0.353. The fourth-order valence-electron chi connectivity index (χ4n) is 1.72. The standard InChI is InChI=1S/C16H14F3NO2S/c1-11-2-8-14(9-3-11)23-10-15(21)20-12-4-6-13(7-5-12)22-16(17,18)19/h2-9H,10H2,1H3,(H,20,21). The Hall–Kier alpha value is -2.15. The summed E-state index contributed by atoms with van der Waals surface area (Å²) in [5.41, 5.74) is 1.55. The van der Waals surface area contributed by atoms with E-state index in [0.717, 1.165) is 22.6 Å². The zero-order valence-electron chi connectivity index (χ0n) is 12.2. The molecule has 0 aliphatic heterocycles. The number of nitrogens with one attached hydrogen (secondary N) is 1. The van der Waals surface area contributed by atoms with E-state index in [0.29, 0.717) is 5.69 Å². The van der Waals surface area contributed by atoms with Crippen LogP contribution in [0.2, 0.25) is 0 Å². The molecular formula is C16H14F3NO2S. The molecule has 0 fully saturated rings. The summed E-state index contributed by atoms with van der Waals surface area (Å²) in [6.07, 6.45) is -4.73. The van der Waals surface area contributed by atoms with Crippen molar-refractivity contribution in [1.29, 1.82) is 0 Å². The quantitative estimate of drug-likeness (QED) is 0.806. The van der Waals surface area contributed by atoms with E-state index in [9.17, 15) is 18.0 Å². The Bertz CT molecular complexity index is 655. The molecule has 0 aliphatic carbocycles. The maximum absolute atomic E-state index is 12.0. The Balaban J connectivity index is 1.84. The molecule has 2 rings (SSSR count). The van der Waals surface area contributed by atoms with E-state index in [2.05, 4.69) is 10.1 Å². The second-order valence-corrected chi connectivity index (χ2v) is 5.77. The van der Waals surface area contributed by atoms with Gasteiger partial charge in [-0.2, -0.15) is 0 Å². The summed E-state index contributed by atoms with van der Waals surface area (Å²) < 4.78 is 39.9. The Labute approximate surface area is 135 Å². The van der Waals surface area contributed by atoms with E-state index < -0.39 is 6.36 Å². The molecule has 0 unspecified atom stereocenters. The zero-order chi connectivity index (χ0) is 16.9. The number of alkyl halides is 3. The van der Waals surface area contributed by atoms with Gasteiger partial charge in [-0.3, -0.25) is 4.79 Å². The number of benzene rings is 2. The lowest BCUT2D eigenvalue weighted by Gasteiger charge is -2.10. The SMILES string of the molecule is Cc1ccc(SCC(=O)Nc2ccc(OC(F)(F)F)cc2)cc1. The number of thioether (sulfide) groups is 1. The summed E-state index contributed by atoms with van der Waals surface area (Å²) in [6.45, 7) is 1.98. The molecule has 7 heteroatoms. The van der Waals surface area contributed by atoms with E-state index in [1.807, 2.05) is 31.2 Å². The van der Waals surface area contributed by atoms with Crippen LogP contribution in [0.1, 0.15) is 5.56 Å². The lowest BCUT2D eigenvalue weighted by atomic mass is 10.2. The Morgan fingerprint density at radius 2 is 1.70 bits per heavy atom. The van der Waals surface area contributed by atoms with Gasteiger partial charge in [-0.15, -0.1) is 24.9 Å². The summed E-state index contributed by atoms with van der Waals surface area (Å²) in [6, 6.07) is 12.8. The van der Waals surface area contributed by atoms with Gasteiger partial charge in [0.1, 0.15) is 5.75 Å². The van der Waals surface area contributed by atoms with Crippen molar-refractivity contribution in [2.24, 2.45) is 0 Å². The minimum Gasteiger partial charge on any atom is -0.406 e. The highest BCUT2D eigenvalue weighted by Crippen LogP contribution is 2.24. The first kappa shape index (κ1) is 17.2. The molecule has 0 radical (unpaired) electrons. The van der Waals surface area contributed by atoms with Crippen molar-refractivity contribution in [2.45, 2.75) is 18.2 Å². The summed E-state index contributed by atoms with van der Waals surface area (Å²) in [5, 5.41) is 2.62. The van der Waals surface area contributed by atoms with Gasteiger partial charge < -0.3 is 10.1 Å². The van der Waals surface area contributed by atoms with Gasteiger partial charge in [0.25, 0.3) is 0 Å². The normalized spacial score (nSPS) is 11.1. The molecule has 2 aromatic rings. The minimum atomic E-state index is -4.73. The Morgan fingerprint density at radius 3 is 2.26 bits per heavy atom. The summed E-state index contributed by atoms with van der Waals surface area (Å²) >= 11 is 1.38. The summed E-state index contributed by atoms with van der Waals surface area (Å²) in [4.78, 5) is 12.8. The highest BCUT2D eigenvalue weighted by atomic mass is 32.2. The molecule has 3 nitrogen and oxygen atoms in total. The van der Waals surface area contributed by atoms with Crippen LogP contribution in [-0.4, -0.2) is 18.0 Å². The highest BCUT2D eigenvalue weighted by Gasteiger charge is 2.30. The van der Waals surface area contributed by atoms with Crippen LogP contribution in [0.4, 0.5) is 18.9 Å². The monoisotopic (exact) mass is 341 g/mol. The van der Waals surface area contributed by atoms with Gasteiger partial charge in [0, 0.05) is 10.6 Å². The van der Waals surface area contributed by atoms with Gasteiger partial charge in [-0.05, 0) is 43.3 Å². The largest absolute Gasteiger partial charge is 0.573 e. The molecule has 0 saturated heterocycles. The number of carbonyl (C=O) groups is 1. The molecule has 0 aromatic heterocycles. The predicted octanol–water partition coefficient (Wildman–Crippen LogP) is 4.62. The van der Waals surface area contributed by atoms with Gasteiger partial charge >= 0.3 is 6.36 Å². The predicted molar refractivity (Wildman–Crippen MR) is 83.7 cm³/mol. The number of halogens is 3. The van der Waals surface area contributed by atoms with E-state index in [1.54, 1.807) is 0 Å². The molecule has 0 saturated carbocycles. The van der Waals surface area contributed by atoms with Gasteiger partial charge in [0.15, 0.2) is 0 Å². The first-order valence-electron chi connectivity index (χ1n) is 6.67. The second-order valence-electron chi connectivity index (χ2n) is 4.72. The van der Waals surface area contributed by atoms with Crippen LogP contribution >= 0.6 is 11.8 Å². The molecule has 0 aliphatic rings. The maximum atomic E-state index is 12.0. The van der Waals surface area contributed by atoms with Crippen LogP contribution in [0.15, 0.2) is 53.4 Å². The Morgan fingerprint density at radius 1 is 1.09 bits per heavy atom. The Kier molecular flexibility index (Phi) is 5.54. The van der Waals surface area contributed by atoms with Crippen molar-refractivity contribution >= 4 is 23.4 Å². The molecule has 0 spiro atoms. The van der Waals surface area contributed by atoms with Crippen LogP contribution in [0.5, 0.6) is 5.75 Å². The molecular weight excluding hydrogens is 327 g/mol. The number of carbonyl (C=O) groups excluding carboxylic acids is 1. The van der Waals surface area contributed by atoms with Crippen LogP contribution in [0, 0.1) is 6.92 Å². The van der Waals surface area contributed by atoms with Crippen LogP contribution in [0.25, 0.3) is 0 Å². The van der Waals surface area contributed by atoms with Crippen molar-refractivity contribution in [1.82, 2.24) is 0 Å². The van der Waals surface area contributed by atoms with E-state index in [1.165, 1.54) is 23.9 Å². The van der Waals surface area contributed by atoms with E-state index in [-0.39, 0.29) is 17.4 Å². The number of hydrogen-bond donors (Lipinski definition) is 1. The van der Waals surface area contributed by atoms with E-state index >= 15 is 0 Å². The molecule has 1 N–H and O–H groups in total. The van der Waals surface area contributed by atoms with Crippen molar-refractivity contribution in [3.8, 4) is 5.75 Å². The molecule has 0 heterocycles. The maximum Gasteiger partial charge on any atom is 0.573 e. The number of rotatable bonds is 5. The lowest BCUT2D eigenvalue weighted by molar-refractivity contribution is -0.274. The molecule has 0 atom stereocenters. The van der Waals surface area contributed by atoms with Crippen molar-refractivity contribution in [3.63, 3.8) is 0 Å². The third-order valence-electron chi connectivity index (χ3n) is 2.76. The number of aryl methyl sites for hydroxylation is 1. The van der Waals surface area contributed by atoms with E-state index in [4.69, 9.17) is 0 Å². The third kappa shape index (κ3) is 6.23. The lowest BCUT2D eigenvalue weighted by Crippen LogP contribution is -2.17. The van der Waals surface area contributed by atoms with Crippen LogP contribution in [0.3, 0.4) is 0 Å². The fraction of sp³-hybridized carbons (Fsp3) is 0.188. The van der Waals surface area contributed by atoms with Gasteiger partial charge in [-0.1, -0.05) is 17.7 Å². The van der Waals surface area contributed by atoms with Crippen LogP contribution in [-0.2, 0) is 4.79 Å². The van der Waals surface area contributed by atoms with Crippen molar-refractivity contribution < 1.29 is 22.7 Å². The molecule has 23 heavy (non-hydrogen) atoms. The van der Waals surface area contributed by atoms with Crippen molar-refractivity contribution in [2.75, 3.05) is 11.1 Å². The van der Waals surface area contributed by atoms with Gasteiger partial charge in [-0.25, -0.2) is 0 Å². The first-order chi connectivity index (χ1) is 10.8. The molecule has 0 bridgehead atoms.